The van der Waals surface area contributed by atoms with E-state index in [4.69, 9.17) is 4.74 Å². The van der Waals surface area contributed by atoms with Gasteiger partial charge in [-0.3, -0.25) is 0 Å². The fourth-order valence-corrected chi connectivity index (χ4v) is 5.24. The van der Waals surface area contributed by atoms with Crippen LogP contribution in [0.5, 0.6) is 0 Å². The molecule has 0 radical (unpaired) electrons. The number of aliphatic hydroxyl groups excluding tert-OH is 1. The van der Waals surface area contributed by atoms with Crippen molar-refractivity contribution in [3.8, 4) is 0 Å². The molecule has 1 aliphatic carbocycles. The quantitative estimate of drug-likeness (QED) is 0.784. The number of aromatic amines is 1. The van der Waals surface area contributed by atoms with E-state index in [9.17, 15) is 9.90 Å². The number of benzene rings is 1. The number of aromatic nitrogens is 1. The normalized spacial score (nSPS) is 30.5. The second-order valence-electron chi connectivity index (χ2n) is 7.47. The highest BCUT2D eigenvalue weighted by Crippen LogP contribution is 2.52. The van der Waals surface area contributed by atoms with Gasteiger partial charge >= 0.3 is 5.97 Å². The number of hydrogen-bond acceptors (Lipinski definition) is 4. The molecule has 2 N–H and O–H groups in total. The Balaban J connectivity index is 1.66. The number of carbonyl (C=O) groups excluding carboxylic acids is 1. The molecule has 5 heteroatoms. The number of aliphatic hydroxyl groups is 1. The van der Waals surface area contributed by atoms with E-state index in [1.54, 1.807) is 0 Å². The highest BCUT2D eigenvalue weighted by Gasteiger charge is 2.49. The fourth-order valence-electron chi connectivity index (χ4n) is 5.24. The zero-order valence-electron chi connectivity index (χ0n) is 14.2. The molecule has 0 bridgehead atoms. The van der Waals surface area contributed by atoms with Crippen LogP contribution in [-0.2, 0) is 16.0 Å². The number of nitrogens with one attached hydrogen (secondary N) is 1. The number of H-pyrrole nitrogens is 1. The number of ether oxygens (including phenoxy) is 1. The monoisotopic (exact) mass is 338 g/mol. The topological polar surface area (TPSA) is 65.6 Å². The Kier molecular flexibility index (Phi) is 3.22. The maximum Gasteiger partial charge on any atom is 0.335 e. The van der Waals surface area contributed by atoms with Crippen molar-refractivity contribution in [3.05, 3.63) is 47.3 Å². The fraction of sp³-hybridized carbons (Fsp3) is 0.450. The largest absolute Gasteiger partial charge is 0.466 e. The third kappa shape index (κ3) is 2.08. The predicted octanol–water partition coefficient (Wildman–Crippen LogP) is 2.52. The minimum Gasteiger partial charge on any atom is -0.466 e. The van der Waals surface area contributed by atoms with E-state index in [1.807, 2.05) is 6.20 Å². The zero-order valence-corrected chi connectivity index (χ0v) is 14.2. The lowest BCUT2D eigenvalue weighted by Crippen LogP contribution is -2.42. The number of para-hydroxylation sites is 1. The maximum absolute atomic E-state index is 12.3. The van der Waals surface area contributed by atoms with Crippen molar-refractivity contribution in [1.29, 1.82) is 0 Å². The summed E-state index contributed by atoms with van der Waals surface area (Å²) in [7, 11) is 1.43. The van der Waals surface area contributed by atoms with Gasteiger partial charge in [-0.05, 0) is 36.8 Å². The molecule has 3 aliphatic rings. The minimum absolute atomic E-state index is 0.0704. The molecular weight excluding hydrogens is 316 g/mol. The Morgan fingerprint density at radius 1 is 1.32 bits per heavy atom. The Hall–Kier alpha value is -2.27. The molecule has 3 heterocycles. The van der Waals surface area contributed by atoms with E-state index in [0.717, 1.165) is 25.0 Å². The molecule has 0 amide bonds. The third-order valence-electron chi connectivity index (χ3n) is 6.24. The van der Waals surface area contributed by atoms with Crippen LogP contribution in [0, 0.1) is 11.8 Å². The van der Waals surface area contributed by atoms with Crippen LogP contribution in [0.2, 0.25) is 0 Å². The van der Waals surface area contributed by atoms with E-state index < -0.39 is 0 Å². The smallest absolute Gasteiger partial charge is 0.335 e. The van der Waals surface area contributed by atoms with E-state index in [2.05, 4.69) is 34.1 Å². The minimum atomic E-state index is -0.349. The van der Waals surface area contributed by atoms with Crippen LogP contribution in [-0.4, -0.2) is 40.7 Å². The average Bonchev–Trinajstić information content (AvgIpc) is 3.19. The summed E-state index contributed by atoms with van der Waals surface area (Å²) in [6.45, 7) is 0.888. The number of carbonyl (C=O) groups is 1. The van der Waals surface area contributed by atoms with Gasteiger partial charge in [0.2, 0.25) is 0 Å². The first-order valence-electron chi connectivity index (χ1n) is 9.00. The van der Waals surface area contributed by atoms with Crippen LogP contribution < -0.4 is 0 Å². The highest BCUT2D eigenvalue weighted by molar-refractivity contribution is 5.89. The van der Waals surface area contributed by atoms with Crippen molar-refractivity contribution < 1.29 is 14.6 Å². The number of fused-ring (bicyclic) bond motifs is 7. The lowest BCUT2D eigenvalue weighted by Gasteiger charge is -2.44. The van der Waals surface area contributed by atoms with Gasteiger partial charge in [0.1, 0.15) is 0 Å². The first-order valence-corrected chi connectivity index (χ1v) is 9.00. The second-order valence-corrected chi connectivity index (χ2v) is 7.47. The lowest BCUT2D eigenvalue weighted by atomic mass is 9.76. The summed E-state index contributed by atoms with van der Waals surface area (Å²) in [5.74, 6) is 0.0484. The average molecular weight is 338 g/mol. The molecule has 1 aromatic carbocycles. The zero-order chi connectivity index (χ0) is 17.1. The molecule has 0 spiro atoms. The van der Waals surface area contributed by atoms with Crippen LogP contribution in [0.25, 0.3) is 10.9 Å². The van der Waals surface area contributed by atoms with Gasteiger partial charge in [-0.1, -0.05) is 18.2 Å². The van der Waals surface area contributed by atoms with Crippen LogP contribution in [0.1, 0.15) is 30.1 Å². The molecule has 2 aromatic rings. The van der Waals surface area contributed by atoms with Gasteiger partial charge in [0.05, 0.1) is 24.8 Å². The number of nitrogens with zero attached hydrogens (tertiary/aromatic N) is 1. The highest BCUT2D eigenvalue weighted by atomic mass is 16.5. The summed E-state index contributed by atoms with van der Waals surface area (Å²) >= 11 is 0. The van der Waals surface area contributed by atoms with Crippen molar-refractivity contribution in [2.45, 2.75) is 31.4 Å². The third-order valence-corrected chi connectivity index (χ3v) is 6.24. The molecule has 130 valence electrons. The summed E-state index contributed by atoms with van der Waals surface area (Å²) in [5, 5.41) is 11.6. The van der Waals surface area contributed by atoms with Gasteiger partial charge in [-0.15, -0.1) is 0 Å². The van der Waals surface area contributed by atoms with Gasteiger partial charge in [-0.2, -0.15) is 0 Å². The Bertz CT molecular complexity index is 884. The number of hydrogen-bond donors (Lipinski definition) is 2. The summed E-state index contributed by atoms with van der Waals surface area (Å²) in [5.41, 5.74) is 4.55. The van der Waals surface area contributed by atoms with Gasteiger partial charge in [0.15, 0.2) is 0 Å². The van der Waals surface area contributed by atoms with Crippen molar-refractivity contribution in [2.75, 3.05) is 13.7 Å². The molecule has 5 rings (SSSR count). The number of methoxy groups -OCH3 is 1. The van der Waals surface area contributed by atoms with E-state index in [1.165, 1.54) is 29.3 Å². The SMILES string of the molecule is COC(=O)C1=CN2CCc3c([nH]c4ccccc34)[C@@H]2[C@@H]2C[C@@H](O)C[C@H]12. The summed E-state index contributed by atoms with van der Waals surface area (Å²) in [6, 6.07) is 8.64. The predicted molar refractivity (Wildman–Crippen MR) is 93.8 cm³/mol. The van der Waals surface area contributed by atoms with Crippen molar-refractivity contribution >= 4 is 16.9 Å². The second kappa shape index (κ2) is 5.36. The van der Waals surface area contributed by atoms with Gasteiger partial charge in [0, 0.05) is 35.3 Å². The summed E-state index contributed by atoms with van der Waals surface area (Å²) < 4.78 is 5.01. The molecule has 25 heavy (non-hydrogen) atoms. The molecule has 0 unspecified atom stereocenters. The van der Waals surface area contributed by atoms with Crippen LogP contribution >= 0.6 is 0 Å². The Morgan fingerprint density at radius 2 is 2.16 bits per heavy atom. The van der Waals surface area contributed by atoms with Crippen LogP contribution in [0.15, 0.2) is 36.0 Å². The van der Waals surface area contributed by atoms with E-state index in [0.29, 0.717) is 6.42 Å². The van der Waals surface area contributed by atoms with Crippen LogP contribution in [0.4, 0.5) is 0 Å². The molecule has 1 aromatic heterocycles. The van der Waals surface area contributed by atoms with Crippen molar-refractivity contribution in [1.82, 2.24) is 9.88 Å². The molecule has 4 atom stereocenters. The first kappa shape index (κ1) is 15.0. The Labute approximate surface area is 146 Å². The Morgan fingerprint density at radius 3 is 3.00 bits per heavy atom. The molecule has 2 aliphatic heterocycles. The number of esters is 1. The van der Waals surface area contributed by atoms with Gasteiger partial charge in [0.25, 0.3) is 0 Å². The van der Waals surface area contributed by atoms with Gasteiger partial charge < -0.3 is 19.7 Å². The van der Waals surface area contributed by atoms with E-state index in [-0.39, 0.29) is 30.0 Å². The standard InChI is InChI=1S/C20H22N2O3/c1-25-20(24)16-10-22-7-6-13-12-4-2-3-5-17(12)21-18(13)19(22)15-9-11(23)8-14(15)16/h2-5,10-11,14-15,19,21,23H,6-9H2,1H3/t11-,14-,15+,19-/m0/s1. The van der Waals surface area contributed by atoms with Crippen molar-refractivity contribution in [2.24, 2.45) is 11.8 Å². The van der Waals surface area contributed by atoms with Crippen molar-refractivity contribution in [3.63, 3.8) is 0 Å². The molecule has 1 fully saturated rings. The molecule has 0 saturated heterocycles. The first-order chi connectivity index (χ1) is 12.2. The molecule has 1 saturated carbocycles. The summed E-state index contributed by atoms with van der Waals surface area (Å²) in [6.07, 6.45) is 3.98. The lowest BCUT2D eigenvalue weighted by molar-refractivity contribution is -0.137. The van der Waals surface area contributed by atoms with Gasteiger partial charge in [-0.25, -0.2) is 4.79 Å². The van der Waals surface area contributed by atoms with Crippen LogP contribution in [0.3, 0.4) is 0 Å². The van der Waals surface area contributed by atoms with E-state index >= 15 is 0 Å². The summed E-state index contributed by atoms with van der Waals surface area (Å²) in [4.78, 5) is 18.2. The molecular formula is C20H22N2O3. The molecule has 5 nitrogen and oxygen atoms in total. The number of rotatable bonds is 1. The maximum atomic E-state index is 12.3.